The Kier molecular flexibility index (Phi) is 6.42. The number of urea groups is 1. The Morgan fingerprint density at radius 2 is 1.92 bits per heavy atom. The molecule has 128 valence electrons. The van der Waals surface area contributed by atoms with Crippen LogP contribution in [0.4, 0.5) is 4.79 Å². The molecule has 0 spiro atoms. The first-order valence-corrected chi connectivity index (χ1v) is 7.91. The number of benzene rings is 1. The summed E-state index contributed by atoms with van der Waals surface area (Å²) in [6.45, 7) is 4.87. The van der Waals surface area contributed by atoms with Crippen LogP contribution in [0.2, 0.25) is 0 Å². The van der Waals surface area contributed by atoms with E-state index in [1.54, 1.807) is 18.4 Å². The molecule has 3 amide bonds. The van der Waals surface area contributed by atoms with Gasteiger partial charge in [-0.3, -0.25) is 4.79 Å². The molecule has 0 atom stereocenters. The maximum Gasteiger partial charge on any atom is 0.315 e. The van der Waals surface area contributed by atoms with Crippen LogP contribution < -0.4 is 16.0 Å². The number of amides is 3. The number of aryl methyl sites for hydroxylation is 2. The van der Waals surface area contributed by atoms with Crippen LogP contribution in [0, 0.1) is 13.8 Å². The van der Waals surface area contributed by atoms with E-state index < -0.39 is 0 Å². The van der Waals surface area contributed by atoms with Crippen molar-refractivity contribution >= 4 is 11.9 Å². The van der Waals surface area contributed by atoms with Crippen molar-refractivity contribution in [3.05, 3.63) is 59.0 Å². The number of carbonyl (C=O) groups excluding carboxylic acids is 2. The highest BCUT2D eigenvalue weighted by Gasteiger charge is 2.06. The first kappa shape index (κ1) is 17.6. The zero-order chi connectivity index (χ0) is 17.4. The van der Waals surface area contributed by atoms with Crippen molar-refractivity contribution < 1.29 is 14.0 Å². The van der Waals surface area contributed by atoms with Gasteiger partial charge in [-0.1, -0.05) is 23.8 Å². The molecule has 6 nitrogen and oxygen atoms in total. The molecular weight excluding hydrogens is 306 g/mol. The van der Waals surface area contributed by atoms with Crippen LogP contribution in [0.1, 0.15) is 22.5 Å². The van der Waals surface area contributed by atoms with Crippen LogP contribution in [0.25, 0.3) is 0 Å². The largest absolute Gasteiger partial charge is 0.467 e. The van der Waals surface area contributed by atoms with E-state index >= 15 is 0 Å². The number of hydrogen-bond donors (Lipinski definition) is 3. The molecule has 2 aromatic rings. The molecule has 0 saturated carbocycles. The van der Waals surface area contributed by atoms with Gasteiger partial charge in [-0.25, -0.2) is 4.79 Å². The van der Waals surface area contributed by atoms with Crippen LogP contribution in [-0.4, -0.2) is 25.0 Å². The SMILES string of the molecule is Cc1ccc(CCNC(=O)NCC(=O)NCc2ccco2)c(C)c1. The van der Waals surface area contributed by atoms with E-state index in [0.29, 0.717) is 18.8 Å². The van der Waals surface area contributed by atoms with E-state index in [2.05, 4.69) is 48.0 Å². The van der Waals surface area contributed by atoms with Gasteiger partial charge in [0.25, 0.3) is 0 Å². The summed E-state index contributed by atoms with van der Waals surface area (Å²) in [5, 5.41) is 7.94. The lowest BCUT2D eigenvalue weighted by molar-refractivity contribution is -0.120. The highest BCUT2D eigenvalue weighted by atomic mass is 16.3. The lowest BCUT2D eigenvalue weighted by Gasteiger charge is -2.09. The van der Waals surface area contributed by atoms with Gasteiger partial charge in [0.1, 0.15) is 5.76 Å². The van der Waals surface area contributed by atoms with Crippen molar-refractivity contribution in [1.82, 2.24) is 16.0 Å². The Hall–Kier alpha value is -2.76. The van der Waals surface area contributed by atoms with Gasteiger partial charge in [0.05, 0.1) is 19.4 Å². The van der Waals surface area contributed by atoms with E-state index in [0.717, 1.165) is 6.42 Å². The Morgan fingerprint density at radius 1 is 1.08 bits per heavy atom. The average Bonchev–Trinajstić information content (AvgIpc) is 3.06. The molecule has 0 fully saturated rings. The molecule has 0 radical (unpaired) electrons. The Bertz CT molecular complexity index is 681. The fourth-order valence-electron chi connectivity index (χ4n) is 2.32. The first-order valence-electron chi connectivity index (χ1n) is 7.91. The van der Waals surface area contributed by atoms with Crippen LogP contribution >= 0.6 is 0 Å². The van der Waals surface area contributed by atoms with E-state index in [9.17, 15) is 9.59 Å². The van der Waals surface area contributed by atoms with Crippen LogP contribution in [0.15, 0.2) is 41.0 Å². The smallest absolute Gasteiger partial charge is 0.315 e. The van der Waals surface area contributed by atoms with Gasteiger partial charge >= 0.3 is 6.03 Å². The van der Waals surface area contributed by atoms with E-state index in [-0.39, 0.29) is 18.5 Å². The summed E-state index contributed by atoms with van der Waals surface area (Å²) in [7, 11) is 0. The second kappa shape index (κ2) is 8.76. The summed E-state index contributed by atoms with van der Waals surface area (Å²) in [6.07, 6.45) is 2.30. The lowest BCUT2D eigenvalue weighted by atomic mass is 10.0. The molecule has 24 heavy (non-hydrogen) atoms. The monoisotopic (exact) mass is 329 g/mol. The Balaban J connectivity index is 1.61. The predicted octanol–water partition coefficient (Wildman–Crippen LogP) is 2.05. The van der Waals surface area contributed by atoms with Crippen LogP contribution in [0.5, 0.6) is 0 Å². The zero-order valence-electron chi connectivity index (χ0n) is 14.0. The summed E-state index contributed by atoms with van der Waals surface area (Å²) in [5.74, 6) is 0.400. The Morgan fingerprint density at radius 3 is 2.62 bits per heavy atom. The summed E-state index contributed by atoms with van der Waals surface area (Å²) in [6, 6.07) is 9.43. The average molecular weight is 329 g/mol. The Labute approximate surface area is 141 Å². The van der Waals surface area contributed by atoms with Crippen LogP contribution in [-0.2, 0) is 17.8 Å². The quantitative estimate of drug-likeness (QED) is 0.727. The van der Waals surface area contributed by atoms with Gasteiger partial charge < -0.3 is 20.4 Å². The van der Waals surface area contributed by atoms with E-state index in [1.165, 1.54) is 16.7 Å². The van der Waals surface area contributed by atoms with Gasteiger partial charge in [0.15, 0.2) is 0 Å². The van der Waals surface area contributed by atoms with Gasteiger partial charge in [-0.2, -0.15) is 0 Å². The van der Waals surface area contributed by atoms with Crippen molar-refractivity contribution in [3.63, 3.8) is 0 Å². The fraction of sp³-hybridized carbons (Fsp3) is 0.333. The third-order valence-electron chi connectivity index (χ3n) is 3.63. The second-order valence-electron chi connectivity index (χ2n) is 5.65. The summed E-state index contributed by atoms with van der Waals surface area (Å²) in [5.41, 5.74) is 3.65. The van der Waals surface area contributed by atoms with Crippen molar-refractivity contribution in [1.29, 1.82) is 0 Å². The van der Waals surface area contributed by atoms with E-state index in [1.807, 2.05) is 0 Å². The normalized spacial score (nSPS) is 10.2. The number of rotatable bonds is 7. The molecule has 1 aromatic heterocycles. The van der Waals surface area contributed by atoms with E-state index in [4.69, 9.17) is 4.42 Å². The van der Waals surface area contributed by atoms with Gasteiger partial charge in [0.2, 0.25) is 5.91 Å². The molecule has 0 aliphatic heterocycles. The van der Waals surface area contributed by atoms with Gasteiger partial charge in [0, 0.05) is 6.54 Å². The highest BCUT2D eigenvalue weighted by Crippen LogP contribution is 2.10. The molecular formula is C18H23N3O3. The number of hydrogen-bond acceptors (Lipinski definition) is 3. The molecule has 0 aliphatic carbocycles. The second-order valence-corrected chi connectivity index (χ2v) is 5.65. The summed E-state index contributed by atoms with van der Waals surface area (Å²) >= 11 is 0. The summed E-state index contributed by atoms with van der Waals surface area (Å²) in [4.78, 5) is 23.3. The maximum absolute atomic E-state index is 11.7. The molecule has 1 heterocycles. The maximum atomic E-state index is 11.7. The molecule has 0 aliphatic rings. The molecule has 6 heteroatoms. The van der Waals surface area contributed by atoms with Gasteiger partial charge in [-0.05, 0) is 43.5 Å². The molecule has 0 bridgehead atoms. The van der Waals surface area contributed by atoms with Crippen LogP contribution in [0.3, 0.4) is 0 Å². The van der Waals surface area contributed by atoms with Crippen molar-refractivity contribution in [2.75, 3.05) is 13.1 Å². The molecule has 3 N–H and O–H groups in total. The predicted molar refractivity (Wildman–Crippen MR) is 91.6 cm³/mol. The van der Waals surface area contributed by atoms with Crippen molar-refractivity contribution in [2.45, 2.75) is 26.8 Å². The molecule has 0 saturated heterocycles. The number of carbonyl (C=O) groups is 2. The lowest BCUT2D eigenvalue weighted by Crippen LogP contribution is -2.42. The topological polar surface area (TPSA) is 83.4 Å². The standard InChI is InChI=1S/C18H23N3O3/c1-13-5-6-15(14(2)10-13)7-8-19-18(23)21-12-17(22)20-11-16-4-3-9-24-16/h3-6,9-10H,7-8,11-12H2,1-2H3,(H,20,22)(H2,19,21,23). The molecule has 1 aromatic carbocycles. The number of nitrogens with one attached hydrogen (secondary N) is 3. The minimum Gasteiger partial charge on any atom is -0.467 e. The molecule has 2 rings (SSSR count). The highest BCUT2D eigenvalue weighted by molar-refractivity contribution is 5.83. The fourth-order valence-corrected chi connectivity index (χ4v) is 2.32. The first-order chi connectivity index (χ1) is 11.5. The third kappa shape index (κ3) is 5.79. The minimum atomic E-state index is -0.354. The van der Waals surface area contributed by atoms with Gasteiger partial charge in [-0.15, -0.1) is 0 Å². The molecule has 0 unspecified atom stereocenters. The minimum absolute atomic E-state index is 0.0733. The van der Waals surface area contributed by atoms with Crippen molar-refractivity contribution in [3.8, 4) is 0 Å². The zero-order valence-corrected chi connectivity index (χ0v) is 14.0. The summed E-state index contributed by atoms with van der Waals surface area (Å²) < 4.78 is 5.11. The number of furan rings is 1. The third-order valence-corrected chi connectivity index (χ3v) is 3.63. The van der Waals surface area contributed by atoms with Crippen molar-refractivity contribution in [2.24, 2.45) is 0 Å².